The van der Waals surface area contributed by atoms with Crippen LogP contribution in [-0.2, 0) is 14.8 Å². The smallest absolute Gasteiger partial charge is 0.251 e. The Bertz CT molecular complexity index is 1050. The van der Waals surface area contributed by atoms with Gasteiger partial charge in [-0.1, -0.05) is 13.0 Å². The minimum Gasteiger partial charge on any atom is -0.497 e. The summed E-state index contributed by atoms with van der Waals surface area (Å²) >= 11 is 0. The molecular formula is C23H29N3O5S. The van der Waals surface area contributed by atoms with Crippen LogP contribution in [0, 0.1) is 5.92 Å². The summed E-state index contributed by atoms with van der Waals surface area (Å²) in [5.41, 5.74) is 0.970. The number of amides is 2. The normalized spacial score (nSPS) is 16.9. The largest absolute Gasteiger partial charge is 0.497 e. The number of nitrogens with zero attached hydrogens (tertiary/aromatic N) is 1. The Labute approximate surface area is 189 Å². The molecule has 2 amide bonds. The van der Waals surface area contributed by atoms with E-state index in [1.165, 1.54) is 23.5 Å². The van der Waals surface area contributed by atoms with Gasteiger partial charge in [0.25, 0.3) is 5.91 Å². The molecule has 2 aromatic rings. The van der Waals surface area contributed by atoms with Gasteiger partial charge in [0.05, 0.1) is 17.9 Å². The van der Waals surface area contributed by atoms with Crippen molar-refractivity contribution in [2.24, 2.45) is 5.92 Å². The van der Waals surface area contributed by atoms with E-state index in [2.05, 4.69) is 10.6 Å². The minimum atomic E-state index is -3.71. The molecule has 1 saturated heterocycles. The molecule has 1 aliphatic rings. The number of rotatable bonds is 8. The van der Waals surface area contributed by atoms with Gasteiger partial charge in [-0.15, -0.1) is 0 Å². The molecule has 9 heteroatoms. The number of ether oxygens (including phenoxy) is 1. The Kier molecular flexibility index (Phi) is 7.87. The summed E-state index contributed by atoms with van der Waals surface area (Å²) in [6, 6.07) is 12.9. The third-order valence-corrected chi connectivity index (χ3v) is 7.26. The third kappa shape index (κ3) is 5.66. The minimum absolute atomic E-state index is 0.108. The molecule has 3 rings (SSSR count). The molecule has 0 radical (unpaired) electrons. The lowest BCUT2D eigenvalue weighted by Crippen LogP contribution is -2.43. The maximum absolute atomic E-state index is 13.0. The van der Waals surface area contributed by atoms with E-state index < -0.39 is 15.9 Å². The van der Waals surface area contributed by atoms with Gasteiger partial charge in [-0.05, 0) is 61.7 Å². The Morgan fingerprint density at radius 2 is 1.91 bits per heavy atom. The van der Waals surface area contributed by atoms with Crippen molar-refractivity contribution in [2.45, 2.75) is 31.1 Å². The fourth-order valence-corrected chi connectivity index (χ4v) is 5.12. The molecule has 1 aliphatic heterocycles. The number of benzene rings is 2. The molecule has 1 atom stereocenters. The second kappa shape index (κ2) is 10.6. The van der Waals surface area contributed by atoms with Gasteiger partial charge in [-0.2, -0.15) is 4.31 Å². The molecule has 0 aromatic heterocycles. The van der Waals surface area contributed by atoms with Crippen LogP contribution < -0.4 is 15.4 Å². The zero-order valence-electron chi connectivity index (χ0n) is 18.3. The van der Waals surface area contributed by atoms with Crippen LogP contribution in [0.15, 0.2) is 53.4 Å². The van der Waals surface area contributed by atoms with E-state index >= 15 is 0 Å². The van der Waals surface area contributed by atoms with Gasteiger partial charge < -0.3 is 15.4 Å². The van der Waals surface area contributed by atoms with Crippen molar-refractivity contribution < 1.29 is 22.7 Å². The lowest BCUT2D eigenvalue weighted by molar-refractivity contribution is -0.120. The van der Waals surface area contributed by atoms with Crippen molar-refractivity contribution in [1.29, 1.82) is 0 Å². The summed E-state index contributed by atoms with van der Waals surface area (Å²) in [6.07, 6.45) is 2.02. The highest BCUT2D eigenvalue weighted by molar-refractivity contribution is 7.89. The average Bonchev–Trinajstić information content (AvgIpc) is 2.82. The first-order valence-corrected chi connectivity index (χ1v) is 12.1. The van der Waals surface area contributed by atoms with Gasteiger partial charge in [0.2, 0.25) is 15.9 Å². The van der Waals surface area contributed by atoms with Crippen molar-refractivity contribution in [3.05, 3.63) is 54.1 Å². The fourth-order valence-electron chi connectivity index (χ4n) is 3.59. The molecule has 1 fully saturated rings. The highest BCUT2D eigenvalue weighted by Gasteiger charge is 2.33. The molecule has 0 bridgehead atoms. The highest BCUT2D eigenvalue weighted by atomic mass is 32.2. The Balaban J connectivity index is 1.67. The van der Waals surface area contributed by atoms with Crippen LogP contribution in [-0.4, -0.2) is 51.3 Å². The molecule has 32 heavy (non-hydrogen) atoms. The Hall–Kier alpha value is -2.91. The number of hydrogen-bond acceptors (Lipinski definition) is 5. The maximum Gasteiger partial charge on any atom is 0.251 e. The molecule has 2 N–H and O–H groups in total. The van der Waals surface area contributed by atoms with Crippen molar-refractivity contribution in [1.82, 2.24) is 9.62 Å². The maximum atomic E-state index is 13.0. The number of carbonyl (C=O) groups is 2. The summed E-state index contributed by atoms with van der Waals surface area (Å²) in [5.74, 6) is -0.358. The van der Waals surface area contributed by atoms with E-state index in [4.69, 9.17) is 4.74 Å². The summed E-state index contributed by atoms with van der Waals surface area (Å²) in [7, 11) is -2.19. The van der Waals surface area contributed by atoms with E-state index in [1.54, 1.807) is 36.4 Å². The topological polar surface area (TPSA) is 105 Å². The number of methoxy groups -OCH3 is 1. The summed E-state index contributed by atoms with van der Waals surface area (Å²) in [5, 5.41) is 5.64. The number of piperidine rings is 1. The SMILES string of the molecule is CCCNC(=O)c1cccc(NC(=O)C2CCCN(S(=O)(=O)c3ccc(OC)cc3)C2)c1. The standard InChI is InChI=1S/C23H29N3O5S/c1-3-13-24-22(27)17-6-4-8-19(15-17)25-23(28)18-7-5-14-26(16-18)32(29,30)21-11-9-20(31-2)10-12-21/h4,6,8-12,15,18H,3,5,7,13-14,16H2,1-2H3,(H,24,27)(H,25,28). The lowest BCUT2D eigenvalue weighted by Gasteiger charge is -2.31. The van der Waals surface area contributed by atoms with Crippen molar-refractivity contribution in [3.63, 3.8) is 0 Å². The summed E-state index contributed by atoms with van der Waals surface area (Å²) in [4.78, 5) is 25.2. The first kappa shape index (κ1) is 23.7. The van der Waals surface area contributed by atoms with Gasteiger partial charge in [0.15, 0.2) is 0 Å². The van der Waals surface area contributed by atoms with E-state index in [0.29, 0.717) is 42.9 Å². The molecule has 1 unspecified atom stereocenters. The number of hydrogen-bond donors (Lipinski definition) is 2. The zero-order valence-corrected chi connectivity index (χ0v) is 19.2. The second-order valence-electron chi connectivity index (χ2n) is 7.70. The van der Waals surface area contributed by atoms with E-state index in [0.717, 1.165) is 6.42 Å². The molecule has 172 valence electrons. The molecule has 0 saturated carbocycles. The number of nitrogens with one attached hydrogen (secondary N) is 2. The molecule has 8 nitrogen and oxygen atoms in total. The molecule has 1 heterocycles. The van der Waals surface area contributed by atoms with E-state index in [9.17, 15) is 18.0 Å². The fraction of sp³-hybridized carbons (Fsp3) is 0.391. The first-order chi connectivity index (χ1) is 15.3. The van der Waals surface area contributed by atoms with E-state index in [-0.39, 0.29) is 23.3 Å². The van der Waals surface area contributed by atoms with Crippen LogP contribution >= 0.6 is 0 Å². The highest BCUT2D eigenvalue weighted by Crippen LogP contribution is 2.26. The third-order valence-electron chi connectivity index (χ3n) is 5.38. The Morgan fingerprint density at radius 1 is 1.16 bits per heavy atom. The first-order valence-electron chi connectivity index (χ1n) is 10.7. The van der Waals surface area contributed by atoms with Crippen LogP contribution in [0.25, 0.3) is 0 Å². The quantitative estimate of drug-likeness (QED) is 0.632. The van der Waals surface area contributed by atoms with Gasteiger partial charge in [0.1, 0.15) is 5.75 Å². The average molecular weight is 460 g/mol. The van der Waals surface area contributed by atoms with Gasteiger partial charge in [0, 0.05) is 30.9 Å². The van der Waals surface area contributed by atoms with Crippen LogP contribution in [0.1, 0.15) is 36.5 Å². The molecular weight excluding hydrogens is 430 g/mol. The summed E-state index contributed by atoms with van der Waals surface area (Å²) in [6.45, 7) is 3.03. The number of anilines is 1. The van der Waals surface area contributed by atoms with Crippen molar-refractivity contribution >= 4 is 27.5 Å². The molecule has 0 spiro atoms. The zero-order chi connectivity index (χ0) is 23.1. The number of sulfonamides is 1. The predicted octanol–water partition coefficient (Wildman–Crippen LogP) is 2.87. The second-order valence-corrected chi connectivity index (χ2v) is 9.64. The number of carbonyl (C=O) groups excluding carboxylic acids is 2. The van der Waals surface area contributed by atoms with Crippen LogP contribution in [0.4, 0.5) is 5.69 Å². The van der Waals surface area contributed by atoms with Crippen LogP contribution in [0.2, 0.25) is 0 Å². The predicted molar refractivity (Wildman–Crippen MR) is 122 cm³/mol. The monoisotopic (exact) mass is 459 g/mol. The van der Waals surface area contributed by atoms with Crippen LogP contribution in [0.3, 0.4) is 0 Å². The van der Waals surface area contributed by atoms with Crippen LogP contribution in [0.5, 0.6) is 5.75 Å². The van der Waals surface area contributed by atoms with Gasteiger partial charge in [-0.3, -0.25) is 9.59 Å². The van der Waals surface area contributed by atoms with Crippen molar-refractivity contribution in [3.8, 4) is 5.75 Å². The van der Waals surface area contributed by atoms with Gasteiger partial charge >= 0.3 is 0 Å². The van der Waals surface area contributed by atoms with E-state index in [1.807, 2.05) is 6.92 Å². The van der Waals surface area contributed by atoms with Gasteiger partial charge in [-0.25, -0.2) is 8.42 Å². The summed E-state index contributed by atoms with van der Waals surface area (Å²) < 4.78 is 32.5. The van der Waals surface area contributed by atoms with Crippen molar-refractivity contribution in [2.75, 3.05) is 32.1 Å². The molecule has 2 aromatic carbocycles. The lowest BCUT2D eigenvalue weighted by atomic mass is 9.98. The molecule has 0 aliphatic carbocycles. The Morgan fingerprint density at radius 3 is 2.59 bits per heavy atom.